The van der Waals surface area contributed by atoms with Crippen molar-refractivity contribution in [2.75, 3.05) is 14.2 Å². The zero-order valence-electron chi connectivity index (χ0n) is 8.66. The van der Waals surface area contributed by atoms with Crippen LogP contribution in [0.15, 0.2) is 12.2 Å². The Morgan fingerprint density at radius 2 is 2.29 bits per heavy atom. The maximum Gasteiger partial charge on any atom is 0.311 e. The molecular formula is C11H16O3. The van der Waals surface area contributed by atoms with E-state index in [9.17, 15) is 4.79 Å². The molecule has 1 fully saturated rings. The Morgan fingerprint density at radius 1 is 1.50 bits per heavy atom. The van der Waals surface area contributed by atoms with Crippen LogP contribution in [-0.2, 0) is 14.3 Å². The minimum atomic E-state index is -0.387. The molecule has 3 nitrogen and oxygen atoms in total. The molecule has 0 aromatic heterocycles. The molecule has 0 aromatic rings. The molecule has 3 atom stereocenters. The van der Waals surface area contributed by atoms with Gasteiger partial charge in [-0.05, 0) is 25.2 Å². The third-order valence-corrected chi connectivity index (χ3v) is 3.55. The summed E-state index contributed by atoms with van der Waals surface area (Å²) in [5.41, 5.74) is -0.387. The summed E-state index contributed by atoms with van der Waals surface area (Å²) >= 11 is 0. The molecule has 0 N–H and O–H groups in total. The van der Waals surface area contributed by atoms with Crippen molar-refractivity contribution < 1.29 is 14.3 Å². The smallest absolute Gasteiger partial charge is 0.311 e. The number of methoxy groups -OCH3 is 2. The summed E-state index contributed by atoms with van der Waals surface area (Å²) in [6.07, 6.45) is 7.15. The highest BCUT2D eigenvalue weighted by molar-refractivity contribution is 5.75. The maximum absolute atomic E-state index is 11.6. The standard InChI is InChI=1S/C11H16O3/c1-13-10(12)9-7-8-3-5-11(9,14-2)6-4-8/h3,5,8-9H,4,6-7H2,1-2H3/t8-,9+,11-/m0/s1. The predicted molar refractivity (Wildman–Crippen MR) is 51.7 cm³/mol. The molecule has 0 unspecified atom stereocenters. The molecule has 0 radical (unpaired) electrons. The first kappa shape index (κ1) is 9.71. The highest BCUT2D eigenvalue weighted by Gasteiger charge is 2.49. The molecule has 0 heterocycles. The van der Waals surface area contributed by atoms with Crippen LogP contribution in [0, 0.1) is 11.8 Å². The van der Waals surface area contributed by atoms with Gasteiger partial charge in [-0.3, -0.25) is 4.79 Å². The summed E-state index contributed by atoms with van der Waals surface area (Å²) in [6, 6.07) is 0. The normalized spacial score (nSPS) is 39.9. The van der Waals surface area contributed by atoms with Crippen LogP contribution in [-0.4, -0.2) is 25.8 Å². The van der Waals surface area contributed by atoms with E-state index in [-0.39, 0.29) is 17.5 Å². The Hall–Kier alpha value is -0.830. The van der Waals surface area contributed by atoms with E-state index in [2.05, 4.69) is 6.08 Å². The van der Waals surface area contributed by atoms with Crippen molar-refractivity contribution in [1.29, 1.82) is 0 Å². The van der Waals surface area contributed by atoms with E-state index in [1.54, 1.807) is 7.11 Å². The van der Waals surface area contributed by atoms with Crippen molar-refractivity contribution in [3.8, 4) is 0 Å². The second-order valence-electron chi connectivity index (χ2n) is 4.13. The molecule has 3 aliphatic rings. The Balaban J connectivity index is 2.27. The fourth-order valence-electron chi connectivity index (χ4n) is 2.63. The Morgan fingerprint density at radius 3 is 2.79 bits per heavy atom. The topological polar surface area (TPSA) is 35.5 Å². The van der Waals surface area contributed by atoms with Crippen molar-refractivity contribution in [2.24, 2.45) is 11.8 Å². The van der Waals surface area contributed by atoms with Gasteiger partial charge in [-0.1, -0.05) is 12.2 Å². The van der Waals surface area contributed by atoms with Gasteiger partial charge in [-0.2, -0.15) is 0 Å². The molecule has 0 aliphatic heterocycles. The van der Waals surface area contributed by atoms with Crippen molar-refractivity contribution in [1.82, 2.24) is 0 Å². The summed E-state index contributed by atoms with van der Waals surface area (Å²) in [5, 5.41) is 0. The first-order chi connectivity index (χ1) is 6.72. The van der Waals surface area contributed by atoms with Crippen molar-refractivity contribution in [3.05, 3.63) is 12.2 Å². The molecule has 3 rings (SSSR count). The van der Waals surface area contributed by atoms with E-state index < -0.39 is 0 Å². The summed E-state index contributed by atoms with van der Waals surface area (Å²) in [4.78, 5) is 11.6. The summed E-state index contributed by atoms with van der Waals surface area (Å²) < 4.78 is 10.3. The molecule has 2 bridgehead atoms. The molecule has 0 aromatic carbocycles. The van der Waals surface area contributed by atoms with Crippen LogP contribution in [0.2, 0.25) is 0 Å². The number of rotatable bonds is 2. The number of hydrogen-bond donors (Lipinski definition) is 0. The van der Waals surface area contributed by atoms with E-state index in [0.29, 0.717) is 5.92 Å². The second kappa shape index (κ2) is 3.39. The number of ether oxygens (including phenoxy) is 2. The maximum atomic E-state index is 11.6. The Bertz CT molecular complexity index is 272. The van der Waals surface area contributed by atoms with Gasteiger partial charge >= 0.3 is 5.97 Å². The molecule has 0 amide bonds. The number of esters is 1. The van der Waals surface area contributed by atoms with Crippen molar-refractivity contribution >= 4 is 5.97 Å². The van der Waals surface area contributed by atoms with Gasteiger partial charge < -0.3 is 9.47 Å². The zero-order valence-corrected chi connectivity index (χ0v) is 8.66. The van der Waals surface area contributed by atoms with Crippen LogP contribution in [0.1, 0.15) is 19.3 Å². The lowest BCUT2D eigenvalue weighted by molar-refractivity contribution is -0.160. The number of allylic oxidation sites excluding steroid dienone is 1. The average Bonchev–Trinajstić information content (AvgIpc) is 2.29. The predicted octanol–water partition coefficient (Wildman–Crippen LogP) is 1.53. The van der Waals surface area contributed by atoms with Gasteiger partial charge in [0.2, 0.25) is 0 Å². The lowest BCUT2D eigenvalue weighted by Crippen LogP contribution is -2.49. The van der Waals surface area contributed by atoms with Gasteiger partial charge in [0.05, 0.1) is 18.6 Å². The van der Waals surface area contributed by atoms with E-state index in [4.69, 9.17) is 9.47 Å². The van der Waals surface area contributed by atoms with Crippen LogP contribution >= 0.6 is 0 Å². The molecule has 0 saturated heterocycles. The van der Waals surface area contributed by atoms with Crippen molar-refractivity contribution in [3.63, 3.8) is 0 Å². The number of carbonyl (C=O) groups excluding carboxylic acids is 1. The molecule has 0 spiro atoms. The largest absolute Gasteiger partial charge is 0.469 e. The summed E-state index contributed by atoms with van der Waals surface area (Å²) in [7, 11) is 3.11. The first-order valence-electron chi connectivity index (χ1n) is 5.04. The van der Waals surface area contributed by atoms with Crippen LogP contribution in [0.3, 0.4) is 0 Å². The van der Waals surface area contributed by atoms with Gasteiger partial charge in [0, 0.05) is 7.11 Å². The lowest BCUT2D eigenvalue weighted by Gasteiger charge is -2.45. The van der Waals surface area contributed by atoms with E-state index in [1.807, 2.05) is 6.08 Å². The molecule has 14 heavy (non-hydrogen) atoms. The molecule has 3 heteroatoms. The number of hydrogen-bond acceptors (Lipinski definition) is 3. The van der Waals surface area contributed by atoms with Crippen molar-refractivity contribution in [2.45, 2.75) is 24.9 Å². The van der Waals surface area contributed by atoms with Crippen LogP contribution in [0.25, 0.3) is 0 Å². The van der Waals surface area contributed by atoms with Gasteiger partial charge in [-0.25, -0.2) is 0 Å². The second-order valence-corrected chi connectivity index (χ2v) is 4.13. The highest BCUT2D eigenvalue weighted by Crippen LogP contribution is 2.45. The summed E-state index contributed by atoms with van der Waals surface area (Å²) in [5.74, 6) is 0.290. The highest BCUT2D eigenvalue weighted by atomic mass is 16.5. The first-order valence-corrected chi connectivity index (χ1v) is 5.04. The fraction of sp³-hybridized carbons (Fsp3) is 0.727. The lowest BCUT2D eigenvalue weighted by atomic mass is 9.66. The van der Waals surface area contributed by atoms with E-state index >= 15 is 0 Å². The zero-order chi connectivity index (χ0) is 10.2. The fourth-order valence-corrected chi connectivity index (χ4v) is 2.63. The van der Waals surface area contributed by atoms with E-state index in [1.165, 1.54) is 7.11 Å². The average molecular weight is 196 g/mol. The Kier molecular flexibility index (Phi) is 2.35. The monoisotopic (exact) mass is 196 g/mol. The van der Waals surface area contributed by atoms with Crippen LogP contribution in [0.4, 0.5) is 0 Å². The van der Waals surface area contributed by atoms with Gasteiger partial charge in [-0.15, -0.1) is 0 Å². The van der Waals surface area contributed by atoms with Crippen LogP contribution < -0.4 is 0 Å². The van der Waals surface area contributed by atoms with Crippen LogP contribution in [0.5, 0.6) is 0 Å². The van der Waals surface area contributed by atoms with E-state index in [0.717, 1.165) is 19.3 Å². The number of fused-ring (bicyclic) bond motifs is 2. The molecular weight excluding hydrogens is 180 g/mol. The molecule has 1 saturated carbocycles. The van der Waals surface area contributed by atoms with Gasteiger partial charge in [0.25, 0.3) is 0 Å². The van der Waals surface area contributed by atoms with Gasteiger partial charge in [0.1, 0.15) is 0 Å². The molecule has 3 aliphatic carbocycles. The quantitative estimate of drug-likeness (QED) is 0.496. The number of carbonyl (C=O) groups is 1. The minimum absolute atomic E-state index is 0.110. The minimum Gasteiger partial charge on any atom is -0.469 e. The SMILES string of the molecule is COC(=O)[C@H]1C[C@H]2C=C[C@]1(OC)CC2. The third-order valence-electron chi connectivity index (χ3n) is 3.55. The summed E-state index contributed by atoms with van der Waals surface area (Å²) in [6.45, 7) is 0. The third kappa shape index (κ3) is 1.27. The Labute approximate surface area is 84.1 Å². The van der Waals surface area contributed by atoms with Gasteiger partial charge in [0.15, 0.2) is 0 Å². The molecule has 78 valence electrons.